The fraction of sp³-hybridized carbons (Fsp3) is 0.360. The van der Waals surface area contributed by atoms with Crippen LogP contribution >= 0.6 is 12.2 Å². The van der Waals surface area contributed by atoms with Crippen molar-refractivity contribution in [3.8, 4) is 0 Å². The second kappa shape index (κ2) is 10.3. The smallest absolute Gasteiger partial charge is 0.253 e. The number of aromatic amines is 1. The molecule has 0 radical (unpaired) electrons. The second-order valence-corrected chi connectivity index (χ2v) is 8.65. The summed E-state index contributed by atoms with van der Waals surface area (Å²) in [5, 5.41) is 4.98. The topological polar surface area (TPSA) is 60.6 Å². The fourth-order valence-corrected chi connectivity index (χ4v) is 4.23. The van der Waals surface area contributed by atoms with Gasteiger partial charge in [0, 0.05) is 37.4 Å². The minimum Gasteiger partial charge on any atom is -0.379 e. The van der Waals surface area contributed by atoms with Gasteiger partial charge in [0.2, 0.25) is 0 Å². The Bertz CT molecular complexity index is 1140. The van der Waals surface area contributed by atoms with Crippen molar-refractivity contribution >= 4 is 33.9 Å². The molecule has 6 nitrogen and oxygen atoms in total. The van der Waals surface area contributed by atoms with Gasteiger partial charge in [0.25, 0.3) is 5.56 Å². The van der Waals surface area contributed by atoms with E-state index in [0.717, 1.165) is 61.5 Å². The van der Waals surface area contributed by atoms with Crippen LogP contribution in [0.1, 0.15) is 16.7 Å². The lowest BCUT2D eigenvalue weighted by molar-refractivity contribution is 0.0358. The predicted octanol–water partition coefficient (Wildman–Crippen LogP) is 3.68. The number of aryl methyl sites for hydroxylation is 2. The van der Waals surface area contributed by atoms with Crippen LogP contribution in [0.3, 0.4) is 0 Å². The first-order chi connectivity index (χ1) is 15.5. The highest BCUT2D eigenvalue weighted by Crippen LogP contribution is 2.19. The lowest BCUT2D eigenvalue weighted by atomic mass is 10.0. The number of morpholine rings is 1. The molecule has 1 aromatic heterocycles. The standard InChI is InChI=1S/C25H30N4O2S/c1-18-8-9-20-16-21(24(30)27-23(20)19(18)2)17-29(11-10-28-12-14-31-15-13-28)25(32)26-22-6-4-3-5-7-22/h3-9,16H,10-15,17H2,1-2H3,(H,26,32)(H,27,30). The van der Waals surface area contributed by atoms with Crippen LogP contribution in [0.5, 0.6) is 0 Å². The van der Waals surface area contributed by atoms with E-state index in [1.54, 1.807) is 0 Å². The van der Waals surface area contributed by atoms with Gasteiger partial charge in [-0.15, -0.1) is 0 Å². The number of anilines is 1. The zero-order valence-corrected chi connectivity index (χ0v) is 19.5. The summed E-state index contributed by atoms with van der Waals surface area (Å²) in [5.41, 5.74) is 4.76. The summed E-state index contributed by atoms with van der Waals surface area (Å²) in [4.78, 5) is 20.5. The lowest BCUT2D eigenvalue weighted by Gasteiger charge is -2.31. The number of benzene rings is 2. The molecular formula is C25H30N4O2S. The SMILES string of the molecule is Cc1ccc2cc(CN(CCN3CCOCC3)C(=S)Nc3ccccc3)c(=O)[nH]c2c1C. The lowest BCUT2D eigenvalue weighted by Crippen LogP contribution is -2.44. The quantitative estimate of drug-likeness (QED) is 0.559. The van der Waals surface area contributed by atoms with Crippen LogP contribution in [0, 0.1) is 13.8 Å². The van der Waals surface area contributed by atoms with Gasteiger partial charge in [0.1, 0.15) is 0 Å². The third-order valence-corrected chi connectivity index (χ3v) is 6.45. The number of H-pyrrole nitrogens is 1. The fourth-order valence-electron chi connectivity index (χ4n) is 3.96. The van der Waals surface area contributed by atoms with Gasteiger partial charge >= 0.3 is 0 Å². The highest BCUT2D eigenvalue weighted by molar-refractivity contribution is 7.80. The Kier molecular flexibility index (Phi) is 7.19. The zero-order valence-electron chi connectivity index (χ0n) is 18.7. The van der Waals surface area contributed by atoms with Crippen LogP contribution in [-0.2, 0) is 11.3 Å². The third-order valence-electron chi connectivity index (χ3n) is 6.09. The number of ether oxygens (including phenoxy) is 1. The molecule has 32 heavy (non-hydrogen) atoms. The van der Waals surface area contributed by atoms with E-state index in [1.807, 2.05) is 43.3 Å². The van der Waals surface area contributed by atoms with Gasteiger partial charge in [-0.05, 0) is 60.8 Å². The van der Waals surface area contributed by atoms with Gasteiger partial charge in [0.05, 0.1) is 25.3 Å². The summed E-state index contributed by atoms with van der Waals surface area (Å²) in [6.45, 7) is 9.49. The first-order valence-corrected chi connectivity index (χ1v) is 11.5. The Hall–Kier alpha value is -2.74. The van der Waals surface area contributed by atoms with Crippen LogP contribution in [-0.4, -0.2) is 59.3 Å². The molecule has 0 amide bonds. The molecule has 168 valence electrons. The highest BCUT2D eigenvalue weighted by atomic mass is 32.1. The van der Waals surface area contributed by atoms with E-state index in [2.05, 4.69) is 39.2 Å². The first-order valence-electron chi connectivity index (χ1n) is 11.0. The van der Waals surface area contributed by atoms with Crippen molar-refractivity contribution in [3.63, 3.8) is 0 Å². The van der Waals surface area contributed by atoms with Gasteiger partial charge < -0.3 is 19.9 Å². The summed E-state index contributed by atoms with van der Waals surface area (Å²) >= 11 is 5.76. The maximum atomic E-state index is 12.9. The Labute approximate surface area is 194 Å². The molecule has 0 unspecified atom stereocenters. The van der Waals surface area contributed by atoms with E-state index in [9.17, 15) is 4.79 Å². The van der Waals surface area contributed by atoms with E-state index < -0.39 is 0 Å². The van der Waals surface area contributed by atoms with Crippen LogP contribution in [0.15, 0.2) is 53.3 Å². The van der Waals surface area contributed by atoms with E-state index in [-0.39, 0.29) is 5.56 Å². The maximum Gasteiger partial charge on any atom is 0.253 e. The molecular weight excluding hydrogens is 420 g/mol. The number of para-hydroxylation sites is 1. The monoisotopic (exact) mass is 450 g/mol. The van der Waals surface area contributed by atoms with Crippen LogP contribution in [0.4, 0.5) is 5.69 Å². The molecule has 2 heterocycles. The average molecular weight is 451 g/mol. The van der Waals surface area contributed by atoms with Crippen molar-refractivity contribution in [3.05, 3.63) is 75.6 Å². The molecule has 1 fully saturated rings. The minimum absolute atomic E-state index is 0.0647. The zero-order chi connectivity index (χ0) is 22.5. The number of nitrogens with one attached hydrogen (secondary N) is 2. The normalized spacial score (nSPS) is 14.4. The largest absolute Gasteiger partial charge is 0.379 e. The van der Waals surface area contributed by atoms with Crippen LogP contribution in [0.2, 0.25) is 0 Å². The Morgan fingerprint density at radius 2 is 1.91 bits per heavy atom. The number of thiocarbonyl (C=S) groups is 1. The Morgan fingerprint density at radius 3 is 2.66 bits per heavy atom. The second-order valence-electron chi connectivity index (χ2n) is 8.27. The minimum atomic E-state index is -0.0647. The molecule has 0 atom stereocenters. The highest BCUT2D eigenvalue weighted by Gasteiger charge is 2.17. The molecule has 7 heteroatoms. The van der Waals surface area contributed by atoms with Crippen LogP contribution in [0.25, 0.3) is 10.9 Å². The van der Waals surface area contributed by atoms with E-state index in [1.165, 1.54) is 5.56 Å². The molecule has 1 aliphatic rings. The molecule has 1 aliphatic heterocycles. The number of rotatable bonds is 6. The number of aromatic nitrogens is 1. The number of hydrogen-bond acceptors (Lipinski definition) is 4. The summed E-state index contributed by atoms with van der Waals surface area (Å²) < 4.78 is 5.46. The molecule has 0 saturated carbocycles. The molecule has 0 bridgehead atoms. The number of fused-ring (bicyclic) bond motifs is 1. The van der Waals surface area contributed by atoms with E-state index >= 15 is 0 Å². The third kappa shape index (κ3) is 5.35. The molecule has 2 N–H and O–H groups in total. The summed E-state index contributed by atoms with van der Waals surface area (Å²) in [6.07, 6.45) is 0. The van der Waals surface area contributed by atoms with Crippen molar-refractivity contribution in [2.75, 3.05) is 44.7 Å². The summed E-state index contributed by atoms with van der Waals surface area (Å²) in [7, 11) is 0. The number of nitrogens with zero attached hydrogens (tertiary/aromatic N) is 2. The van der Waals surface area contributed by atoms with Crippen molar-refractivity contribution in [1.29, 1.82) is 0 Å². The van der Waals surface area contributed by atoms with Gasteiger partial charge in [-0.2, -0.15) is 0 Å². The maximum absolute atomic E-state index is 12.9. The predicted molar refractivity (Wildman–Crippen MR) is 134 cm³/mol. The van der Waals surface area contributed by atoms with Crippen molar-refractivity contribution < 1.29 is 4.74 Å². The van der Waals surface area contributed by atoms with Crippen LogP contribution < -0.4 is 10.9 Å². The Balaban J connectivity index is 1.57. The Morgan fingerprint density at radius 1 is 1.16 bits per heavy atom. The van der Waals surface area contributed by atoms with Gasteiger partial charge in [-0.25, -0.2) is 0 Å². The van der Waals surface area contributed by atoms with Crippen molar-refractivity contribution in [2.24, 2.45) is 0 Å². The van der Waals surface area contributed by atoms with Crippen molar-refractivity contribution in [1.82, 2.24) is 14.8 Å². The summed E-state index contributed by atoms with van der Waals surface area (Å²) in [5.74, 6) is 0. The first kappa shape index (κ1) is 22.5. The number of hydrogen-bond donors (Lipinski definition) is 2. The van der Waals surface area contributed by atoms with Gasteiger partial charge in [0.15, 0.2) is 5.11 Å². The molecule has 4 rings (SSSR count). The van der Waals surface area contributed by atoms with Gasteiger partial charge in [-0.1, -0.05) is 30.3 Å². The number of pyridine rings is 1. The molecule has 0 spiro atoms. The van der Waals surface area contributed by atoms with E-state index in [4.69, 9.17) is 17.0 Å². The average Bonchev–Trinajstić information content (AvgIpc) is 2.81. The van der Waals surface area contributed by atoms with Gasteiger partial charge in [-0.3, -0.25) is 9.69 Å². The van der Waals surface area contributed by atoms with Crippen molar-refractivity contribution in [2.45, 2.75) is 20.4 Å². The molecule has 3 aromatic rings. The molecule has 2 aromatic carbocycles. The summed E-state index contributed by atoms with van der Waals surface area (Å²) in [6, 6.07) is 16.0. The molecule has 0 aliphatic carbocycles. The van der Waals surface area contributed by atoms with E-state index in [0.29, 0.717) is 17.2 Å². The molecule has 1 saturated heterocycles.